The van der Waals surface area contributed by atoms with Gasteiger partial charge in [0.25, 0.3) is 0 Å². The molecule has 2 aromatic carbocycles. The van der Waals surface area contributed by atoms with Crippen LogP contribution in [-0.2, 0) is 11.3 Å². The minimum absolute atomic E-state index is 0.171. The van der Waals surface area contributed by atoms with Crippen molar-refractivity contribution in [3.8, 4) is 0 Å². The molecular weight excluding hydrogens is 564 g/mol. The highest BCUT2D eigenvalue weighted by molar-refractivity contribution is 7.98. The number of allylic oxidation sites excluding steroid dienone is 6. The molecule has 238 valence electrons. The van der Waals surface area contributed by atoms with Crippen LogP contribution in [0.4, 0.5) is 3.89 Å². The second-order valence-corrected chi connectivity index (χ2v) is 11.7. The first-order valence-electron chi connectivity index (χ1n) is 15.3. The van der Waals surface area contributed by atoms with Crippen LogP contribution in [0.15, 0.2) is 119 Å². The first kappa shape index (κ1) is 38.5. The van der Waals surface area contributed by atoms with Crippen LogP contribution >= 0.6 is 12.1 Å². The number of ether oxygens (including phenoxy) is 1. The minimum atomic E-state index is 0.171. The van der Waals surface area contributed by atoms with Crippen molar-refractivity contribution in [2.24, 2.45) is 4.99 Å². The zero-order valence-electron chi connectivity index (χ0n) is 28.2. The maximum Gasteiger partial charge on any atom is 0.179 e. The number of benzene rings is 2. The maximum atomic E-state index is 14.0. The summed E-state index contributed by atoms with van der Waals surface area (Å²) in [6, 6.07) is 16.6. The topological polar surface area (TPSA) is 33.6 Å². The third kappa shape index (κ3) is 14.3. The van der Waals surface area contributed by atoms with Crippen LogP contribution in [0.2, 0.25) is 0 Å². The highest BCUT2D eigenvalue weighted by Crippen LogP contribution is 2.37. The largest absolute Gasteiger partial charge is 0.475 e. The summed E-state index contributed by atoms with van der Waals surface area (Å²) in [6.45, 7) is 28.5. The first-order chi connectivity index (χ1) is 21.0. The molecule has 0 bridgehead atoms. The first-order valence-corrected chi connectivity index (χ1v) is 16.1. The summed E-state index contributed by atoms with van der Waals surface area (Å²) >= 11 is 0.292. The van der Waals surface area contributed by atoms with Gasteiger partial charge in [-0.3, -0.25) is 4.99 Å². The molecule has 0 saturated heterocycles. The van der Waals surface area contributed by atoms with Crippen molar-refractivity contribution in [3.63, 3.8) is 0 Å². The second kappa shape index (κ2) is 21.2. The number of hydrogen-bond acceptors (Lipinski definition) is 4. The van der Waals surface area contributed by atoms with Gasteiger partial charge in [0.1, 0.15) is 6.61 Å². The molecule has 0 spiro atoms. The number of hydrogen-bond donors (Lipinski definition) is 1. The Morgan fingerprint density at radius 2 is 1.73 bits per heavy atom. The summed E-state index contributed by atoms with van der Waals surface area (Å²) in [4.78, 5) is 5.42. The van der Waals surface area contributed by atoms with Crippen LogP contribution in [0, 0.1) is 13.8 Å². The number of aliphatic imine (C=N–C) groups is 1. The average molecular weight is 617 g/mol. The van der Waals surface area contributed by atoms with E-state index in [-0.39, 0.29) is 6.04 Å². The summed E-state index contributed by atoms with van der Waals surface area (Å²) in [5, 5.41) is 3.39. The summed E-state index contributed by atoms with van der Waals surface area (Å²) < 4.78 is 19.8. The lowest BCUT2D eigenvalue weighted by Crippen LogP contribution is -2.28. The Labute approximate surface area is 271 Å². The summed E-state index contributed by atoms with van der Waals surface area (Å²) in [6.07, 6.45) is 9.04. The molecule has 0 amide bonds. The smallest absolute Gasteiger partial charge is 0.179 e. The van der Waals surface area contributed by atoms with Crippen LogP contribution < -0.4 is 5.32 Å². The van der Waals surface area contributed by atoms with Gasteiger partial charge in [-0.25, -0.2) is 0 Å². The fourth-order valence-electron chi connectivity index (χ4n) is 4.37. The second-order valence-electron chi connectivity index (χ2n) is 11.1. The minimum Gasteiger partial charge on any atom is -0.475 e. The van der Waals surface area contributed by atoms with Crippen molar-refractivity contribution >= 4 is 23.9 Å². The third-order valence-corrected chi connectivity index (χ3v) is 7.69. The molecule has 1 N–H and O–H groups in total. The van der Waals surface area contributed by atoms with Gasteiger partial charge in [0, 0.05) is 27.9 Å². The molecule has 2 aromatic rings. The molecule has 1 atom stereocenters. The highest BCUT2D eigenvalue weighted by atomic mass is 32.2. The van der Waals surface area contributed by atoms with Crippen LogP contribution in [0.5, 0.6) is 0 Å². The Bertz CT molecular complexity index is 1350. The molecule has 0 aliphatic carbocycles. The van der Waals surface area contributed by atoms with Crippen molar-refractivity contribution in [3.05, 3.63) is 136 Å². The Morgan fingerprint density at radius 1 is 1.05 bits per heavy atom. The van der Waals surface area contributed by atoms with E-state index in [0.29, 0.717) is 36.0 Å². The van der Waals surface area contributed by atoms with Crippen molar-refractivity contribution in [2.45, 2.75) is 93.7 Å². The van der Waals surface area contributed by atoms with Gasteiger partial charge in [-0.1, -0.05) is 105 Å². The monoisotopic (exact) mass is 616 g/mol. The van der Waals surface area contributed by atoms with Gasteiger partial charge in [-0.2, -0.15) is 3.89 Å². The molecule has 0 heterocycles. The number of nitrogens with zero attached hydrogens (tertiary/aromatic N) is 1. The zero-order chi connectivity index (χ0) is 33.1. The number of aryl methyl sites for hydroxylation is 2. The Balaban J connectivity index is 0.000000669. The van der Waals surface area contributed by atoms with Crippen LogP contribution in [0.1, 0.15) is 89.5 Å². The quantitative estimate of drug-likeness (QED) is 0.116. The van der Waals surface area contributed by atoms with Gasteiger partial charge in [0.15, 0.2) is 5.88 Å². The molecule has 0 saturated carbocycles. The van der Waals surface area contributed by atoms with Crippen LogP contribution in [-0.4, -0.2) is 11.8 Å². The van der Waals surface area contributed by atoms with E-state index in [9.17, 15) is 3.89 Å². The Hall–Kier alpha value is -3.57. The zero-order valence-corrected chi connectivity index (χ0v) is 29.0. The molecule has 3 nitrogen and oxygen atoms in total. The van der Waals surface area contributed by atoms with E-state index in [0.717, 1.165) is 53.0 Å². The normalized spacial score (nSPS) is 12.7. The lowest BCUT2D eigenvalue weighted by Gasteiger charge is -2.22. The van der Waals surface area contributed by atoms with E-state index in [1.54, 1.807) is 6.08 Å². The molecule has 0 aromatic heterocycles. The standard InChI is InChI=1S/C27H39FN2OS.C12H14/c1-9-21(7)27(32-28)26(19(3)4)25(29-20(5)6)17-16-24(10-2)30-22(8)31-18-23-14-12-11-13-15-23;1-4-5-6-12-9-10(2)7-8-11(12)3/h11-15,24,30H,3,8-10,16-18H2,1-2,4-7H3;4-9H,1H2,2-3H3/b26-25+,27-21-;6-5-. The average Bonchev–Trinajstić information content (AvgIpc) is 3.00. The molecule has 0 fully saturated rings. The molecule has 5 heteroatoms. The number of halogens is 1. The summed E-state index contributed by atoms with van der Waals surface area (Å²) in [5.41, 5.74) is 9.44. The van der Waals surface area contributed by atoms with E-state index < -0.39 is 0 Å². The lowest BCUT2D eigenvalue weighted by atomic mass is 9.98. The van der Waals surface area contributed by atoms with Crippen molar-refractivity contribution in [1.29, 1.82) is 0 Å². The summed E-state index contributed by atoms with van der Waals surface area (Å²) in [7, 11) is 0. The Kier molecular flexibility index (Phi) is 18.5. The predicted molar refractivity (Wildman–Crippen MR) is 194 cm³/mol. The van der Waals surface area contributed by atoms with Gasteiger partial charge in [0.2, 0.25) is 0 Å². The van der Waals surface area contributed by atoms with Gasteiger partial charge < -0.3 is 10.1 Å². The molecule has 2 rings (SSSR count). The number of nitrogens with one attached hydrogen (secondary N) is 1. The van der Waals surface area contributed by atoms with Crippen molar-refractivity contribution in [1.82, 2.24) is 5.32 Å². The van der Waals surface area contributed by atoms with Crippen molar-refractivity contribution in [2.75, 3.05) is 0 Å². The van der Waals surface area contributed by atoms with Gasteiger partial charge in [-0.05, 0) is 96.1 Å². The molecule has 1 unspecified atom stereocenters. The van der Waals surface area contributed by atoms with Crippen LogP contribution in [0.3, 0.4) is 0 Å². The molecule has 0 aliphatic rings. The van der Waals surface area contributed by atoms with Gasteiger partial charge >= 0.3 is 0 Å². The van der Waals surface area contributed by atoms with Crippen molar-refractivity contribution < 1.29 is 8.62 Å². The third-order valence-electron chi connectivity index (χ3n) is 6.99. The molecule has 0 aliphatic heterocycles. The Morgan fingerprint density at radius 3 is 2.27 bits per heavy atom. The fourth-order valence-corrected chi connectivity index (χ4v) is 5.02. The van der Waals surface area contributed by atoms with E-state index in [1.807, 2.05) is 71.0 Å². The molecule has 0 radical (unpaired) electrons. The molecular formula is C39H53FN2OS. The van der Waals surface area contributed by atoms with E-state index in [1.165, 1.54) is 16.7 Å². The number of rotatable bonds is 16. The molecule has 44 heavy (non-hydrogen) atoms. The SMILES string of the molecule is C=C(NC(CC)CC/C(N=C(C)C)=C(C(=C)C)\C(SF)=C(/C)CC)OCc1ccccc1.C=C/C=C\c1cc(C)ccc1C. The van der Waals surface area contributed by atoms with E-state index >= 15 is 0 Å². The van der Waals surface area contributed by atoms with Crippen LogP contribution in [0.25, 0.3) is 6.08 Å². The van der Waals surface area contributed by atoms with E-state index in [2.05, 4.69) is 70.1 Å². The summed E-state index contributed by atoms with van der Waals surface area (Å²) in [5.74, 6) is 0.559. The van der Waals surface area contributed by atoms with Gasteiger partial charge in [-0.15, -0.1) is 0 Å². The lowest BCUT2D eigenvalue weighted by molar-refractivity contribution is 0.170. The van der Waals surface area contributed by atoms with Gasteiger partial charge in [0.05, 0.1) is 12.1 Å². The highest BCUT2D eigenvalue weighted by Gasteiger charge is 2.18. The predicted octanol–water partition coefficient (Wildman–Crippen LogP) is 11.9. The van der Waals surface area contributed by atoms with E-state index in [4.69, 9.17) is 9.73 Å². The fraction of sp³-hybridized carbons (Fsp3) is 0.359. The maximum absolute atomic E-state index is 14.0.